The summed E-state index contributed by atoms with van der Waals surface area (Å²) in [6, 6.07) is 4.50. The van der Waals surface area contributed by atoms with Gasteiger partial charge in [-0.3, -0.25) is 4.79 Å². The van der Waals surface area contributed by atoms with E-state index in [-0.39, 0.29) is 27.1 Å². The molecule has 0 radical (unpaired) electrons. The molecular formula is C13H8BrF3O2. The Bertz CT molecular complexity index is 629. The minimum atomic E-state index is -4.41. The van der Waals surface area contributed by atoms with Crippen LogP contribution in [0.25, 0.3) is 0 Å². The minimum absolute atomic E-state index is 0.218. The maximum Gasteiger partial charge on any atom is 0.416 e. The van der Waals surface area contributed by atoms with Gasteiger partial charge in [-0.15, -0.1) is 0 Å². The Kier molecular flexibility index (Phi) is 3.54. The summed E-state index contributed by atoms with van der Waals surface area (Å²) in [5, 5.41) is 0. The average Bonchev–Trinajstić information content (AvgIpc) is 2.73. The predicted octanol–water partition coefficient (Wildman–Crippen LogP) is 4.60. The Morgan fingerprint density at radius 2 is 1.89 bits per heavy atom. The molecule has 0 aliphatic carbocycles. The van der Waals surface area contributed by atoms with Gasteiger partial charge in [0.25, 0.3) is 0 Å². The molecule has 2 nitrogen and oxygen atoms in total. The number of ketones is 1. The largest absolute Gasteiger partial charge is 0.457 e. The van der Waals surface area contributed by atoms with Crippen LogP contribution in [0.15, 0.2) is 39.6 Å². The van der Waals surface area contributed by atoms with E-state index in [1.807, 2.05) is 0 Å². The molecule has 2 rings (SSSR count). The van der Waals surface area contributed by atoms with Crippen LogP contribution in [-0.2, 0) is 6.18 Å². The summed E-state index contributed by atoms with van der Waals surface area (Å²) < 4.78 is 42.8. The van der Waals surface area contributed by atoms with Crippen LogP contribution < -0.4 is 0 Å². The summed E-state index contributed by atoms with van der Waals surface area (Å²) in [5.41, 5.74) is -0.00121. The Labute approximate surface area is 115 Å². The second kappa shape index (κ2) is 4.85. The zero-order valence-electron chi connectivity index (χ0n) is 9.72. The van der Waals surface area contributed by atoms with Crippen molar-refractivity contribution >= 4 is 21.7 Å². The lowest BCUT2D eigenvalue weighted by Gasteiger charge is -2.10. The fourth-order valence-electron chi connectivity index (χ4n) is 1.70. The van der Waals surface area contributed by atoms with Crippen molar-refractivity contribution in [3.63, 3.8) is 0 Å². The SMILES string of the molecule is Cc1cc(C(F)(F)F)ccc1C(=O)c1ccoc1Br. The average molecular weight is 333 g/mol. The second-order valence-electron chi connectivity index (χ2n) is 3.96. The fourth-order valence-corrected chi connectivity index (χ4v) is 2.12. The van der Waals surface area contributed by atoms with Crippen LogP contribution >= 0.6 is 15.9 Å². The molecule has 1 aromatic heterocycles. The number of carbonyl (C=O) groups is 1. The lowest BCUT2D eigenvalue weighted by Crippen LogP contribution is -2.08. The van der Waals surface area contributed by atoms with E-state index < -0.39 is 11.7 Å². The number of rotatable bonds is 2. The van der Waals surface area contributed by atoms with Crippen molar-refractivity contribution in [1.29, 1.82) is 0 Å². The van der Waals surface area contributed by atoms with Gasteiger partial charge in [-0.05, 0) is 46.6 Å². The van der Waals surface area contributed by atoms with Crippen LogP contribution in [0.1, 0.15) is 27.0 Å². The third-order valence-electron chi connectivity index (χ3n) is 2.66. The lowest BCUT2D eigenvalue weighted by molar-refractivity contribution is -0.137. The van der Waals surface area contributed by atoms with Crippen molar-refractivity contribution in [2.45, 2.75) is 13.1 Å². The van der Waals surface area contributed by atoms with Crippen molar-refractivity contribution in [2.24, 2.45) is 0 Å². The molecule has 0 aliphatic rings. The summed E-state index contributed by atoms with van der Waals surface area (Å²) in [4.78, 5) is 12.1. The molecule has 1 aromatic carbocycles. The number of aryl methyl sites for hydroxylation is 1. The summed E-state index contributed by atoms with van der Waals surface area (Å²) >= 11 is 3.07. The van der Waals surface area contributed by atoms with Crippen molar-refractivity contribution in [2.75, 3.05) is 0 Å². The van der Waals surface area contributed by atoms with Crippen molar-refractivity contribution in [3.05, 3.63) is 57.5 Å². The second-order valence-corrected chi connectivity index (χ2v) is 4.68. The normalized spacial score (nSPS) is 11.6. The first kappa shape index (κ1) is 13.9. The Hall–Kier alpha value is -1.56. The first-order valence-electron chi connectivity index (χ1n) is 5.26. The molecule has 19 heavy (non-hydrogen) atoms. The highest BCUT2D eigenvalue weighted by molar-refractivity contribution is 9.10. The Morgan fingerprint density at radius 3 is 2.37 bits per heavy atom. The van der Waals surface area contributed by atoms with E-state index in [1.165, 1.54) is 25.3 Å². The van der Waals surface area contributed by atoms with E-state index in [1.54, 1.807) is 0 Å². The van der Waals surface area contributed by atoms with E-state index >= 15 is 0 Å². The molecule has 0 atom stereocenters. The first-order chi connectivity index (χ1) is 8.80. The maximum absolute atomic E-state index is 12.5. The topological polar surface area (TPSA) is 30.2 Å². The van der Waals surface area contributed by atoms with E-state index in [2.05, 4.69) is 15.9 Å². The van der Waals surface area contributed by atoms with Crippen molar-refractivity contribution in [1.82, 2.24) is 0 Å². The molecule has 1 heterocycles. The molecule has 0 N–H and O–H groups in total. The zero-order chi connectivity index (χ0) is 14.2. The number of halogens is 4. The summed E-state index contributed by atoms with van der Waals surface area (Å²) in [5.74, 6) is -0.383. The van der Waals surface area contributed by atoms with Crippen LogP contribution in [0, 0.1) is 6.92 Å². The van der Waals surface area contributed by atoms with Gasteiger partial charge in [-0.25, -0.2) is 0 Å². The van der Waals surface area contributed by atoms with Gasteiger partial charge in [0, 0.05) is 5.56 Å². The highest BCUT2D eigenvalue weighted by Crippen LogP contribution is 2.31. The first-order valence-corrected chi connectivity index (χ1v) is 6.05. The van der Waals surface area contributed by atoms with Crippen LogP contribution in [0.2, 0.25) is 0 Å². The lowest BCUT2D eigenvalue weighted by atomic mass is 9.98. The molecule has 0 amide bonds. The molecule has 0 spiro atoms. The molecule has 0 aliphatic heterocycles. The van der Waals surface area contributed by atoms with Gasteiger partial charge in [-0.2, -0.15) is 13.2 Å². The van der Waals surface area contributed by atoms with E-state index in [0.717, 1.165) is 12.1 Å². The predicted molar refractivity (Wildman–Crippen MR) is 66.0 cm³/mol. The molecule has 0 fully saturated rings. The van der Waals surface area contributed by atoms with Crippen LogP contribution in [0.5, 0.6) is 0 Å². The van der Waals surface area contributed by atoms with E-state index in [9.17, 15) is 18.0 Å². The molecule has 0 unspecified atom stereocenters. The zero-order valence-corrected chi connectivity index (χ0v) is 11.3. The fraction of sp³-hybridized carbons (Fsp3) is 0.154. The minimum Gasteiger partial charge on any atom is -0.457 e. The number of hydrogen-bond acceptors (Lipinski definition) is 2. The van der Waals surface area contributed by atoms with Gasteiger partial charge in [0.05, 0.1) is 17.4 Å². The van der Waals surface area contributed by atoms with Crippen molar-refractivity contribution < 1.29 is 22.4 Å². The van der Waals surface area contributed by atoms with Crippen molar-refractivity contribution in [3.8, 4) is 0 Å². The number of furan rings is 1. The molecule has 100 valence electrons. The highest BCUT2D eigenvalue weighted by atomic mass is 79.9. The van der Waals surface area contributed by atoms with E-state index in [4.69, 9.17) is 4.42 Å². The standard InChI is InChI=1S/C13H8BrF3O2/c1-7-6-8(13(15,16)17)2-3-9(7)11(18)10-4-5-19-12(10)14/h2-6H,1H3. The van der Waals surface area contributed by atoms with Crippen LogP contribution in [0.3, 0.4) is 0 Å². The molecular weight excluding hydrogens is 325 g/mol. The molecule has 2 aromatic rings. The molecule has 0 saturated carbocycles. The van der Waals surface area contributed by atoms with Crippen LogP contribution in [-0.4, -0.2) is 5.78 Å². The number of alkyl halides is 3. The summed E-state index contributed by atoms with van der Waals surface area (Å²) in [7, 11) is 0. The number of hydrogen-bond donors (Lipinski definition) is 0. The molecule has 6 heteroatoms. The Morgan fingerprint density at radius 1 is 1.21 bits per heavy atom. The third kappa shape index (κ3) is 2.73. The molecule has 0 saturated heterocycles. The molecule has 0 bridgehead atoms. The van der Waals surface area contributed by atoms with Gasteiger partial charge < -0.3 is 4.42 Å². The van der Waals surface area contributed by atoms with E-state index in [0.29, 0.717) is 0 Å². The number of benzene rings is 1. The Balaban J connectivity index is 2.43. The maximum atomic E-state index is 12.5. The van der Waals surface area contributed by atoms with Gasteiger partial charge in [0.2, 0.25) is 0 Å². The van der Waals surface area contributed by atoms with Gasteiger partial charge in [0.1, 0.15) is 0 Å². The summed E-state index contributed by atoms with van der Waals surface area (Å²) in [6.45, 7) is 1.47. The van der Waals surface area contributed by atoms with Crippen LogP contribution in [0.4, 0.5) is 13.2 Å². The summed E-state index contributed by atoms with van der Waals surface area (Å²) in [6.07, 6.45) is -3.08. The number of carbonyl (C=O) groups excluding carboxylic acids is 1. The smallest absolute Gasteiger partial charge is 0.416 e. The van der Waals surface area contributed by atoms with Gasteiger partial charge in [0.15, 0.2) is 10.5 Å². The van der Waals surface area contributed by atoms with Gasteiger partial charge >= 0.3 is 6.18 Å². The third-order valence-corrected chi connectivity index (χ3v) is 3.28. The monoisotopic (exact) mass is 332 g/mol. The quantitative estimate of drug-likeness (QED) is 0.752. The van der Waals surface area contributed by atoms with Gasteiger partial charge in [-0.1, -0.05) is 6.07 Å². The highest BCUT2D eigenvalue weighted by Gasteiger charge is 2.31.